The third-order valence-electron chi connectivity index (χ3n) is 3.13. The van der Waals surface area contributed by atoms with E-state index in [1.54, 1.807) is 6.07 Å². The van der Waals surface area contributed by atoms with Crippen LogP contribution in [0.15, 0.2) is 18.2 Å². The average molecular weight is 283 g/mol. The number of halogens is 1. The van der Waals surface area contributed by atoms with Crippen LogP contribution in [-0.2, 0) is 4.79 Å². The molecule has 19 heavy (non-hydrogen) atoms. The predicted octanol–water partition coefficient (Wildman–Crippen LogP) is 2.10. The fraction of sp³-hybridized carbons (Fsp3) is 0.385. The van der Waals surface area contributed by atoms with Gasteiger partial charge in [0.05, 0.1) is 10.6 Å². The lowest BCUT2D eigenvalue weighted by Gasteiger charge is -2.11. The summed E-state index contributed by atoms with van der Waals surface area (Å²) in [7, 11) is 0. The minimum atomic E-state index is -1.13. The molecule has 0 aromatic heterocycles. The SMILES string of the molecule is NC(CC(=O)Nc1ccc(Cl)c(C(=O)O)c1)C1CC1. The maximum absolute atomic E-state index is 11.7. The quantitative estimate of drug-likeness (QED) is 0.771. The fourth-order valence-corrected chi connectivity index (χ4v) is 2.08. The molecule has 1 aromatic rings. The smallest absolute Gasteiger partial charge is 0.337 e. The molecule has 1 aliphatic rings. The van der Waals surface area contributed by atoms with E-state index in [9.17, 15) is 9.59 Å². The Labute approximate surface area is 115 Å². The lowest BCUT2D eigenvalue weighted by molar-refractivity contribution is -0.116. The number of carbonyl (C=O) groups is 2. The van der Waals surface area contributed by atoms with Crippen molar-refractivity contribution in [2.75, 3.05) is 5.32 Å². The van der Waals surface area contributed by atoms with Gasteiger partial charge in [-0.25, -0.2) is 4.79 Å². The molecule has 0 saturated heterocycles. The third-order valence-corrected chi connectivity index (χ3v) is 3.46. The number of aromatic carboxylic acids is 1. The number of carboxylic acids is 1. The minimum Gasteiger partial charge on any atom is -0.478 e. The van der Waals surface area contributed by atoms with E-state index in [0.29, 0.717) is 11.6 Å². The van der Waals surface area contributed by atoms with Crippen LogP contribution in [0.2, 0.25) is 5.02 Å². The van der Waals surface area contributed by atoms with Crippen LogP contribution in [0.3, 0.4) is 0 Å². The normalized spacial score (nSPS) is 15.9. The summed E-state index contributed by atoms with van der Waals surface area (Å²) in [6.07, 6.45) is 2.41. The number of hydrogen-bond donors (Lipinski definition) is 3. The molecule has 1 aromatic carbocycles. The number of nitrogens with one attached hydrogen (secondary N) is 1. The van der Waals surface area contributed by atoms with Gasteiger partial charge in [0.1, 0.15) is 0 Å². The standard InChI is InChI=1S/C13H15ClN2O3/c14-10-4-3-8(5-9(10)13(18)19)16-12(17)6-11(15)7-1-2-7/h3-5,7,11H,1-2,6,15H2,(H,16,17)(H,18,19). The maximum atomic E-state index is 11.7. The number of anilines is 1. The number of hydrogen-bond acceptors (Lipinski definition) is 3. The first-order valence-corrected chi connectivity index (χ1v) is 6.43. The highest BCUT2D eigenvalue weighted by Crippen LogP contribution is 2.32. The third kappa shape index (κ3) is 3.68. The Morgan fingerprint density at radius 1 is 1.47 bits per heavy atom. The van der Waals surface area contributed by atoms with Gasteiger partial charge >= 0.3 is 5.97 Å². The summed E-state index contributed by atoms with van der Waals surface area (Å²) in [6.45, 7) is 0. The zero-order valence-electron chi connectivity index (χ0n) is 10.2. The summed E-state index contributed by atoms with van der Waals surface area (Å²) in [5.41, 5.74) is 6.24. The molecular formula is C13H15ClN2O3. The molecule has 2 rings (SSSR count). The molecule has 0 bridgehead atoms. The zero-order chi connectivity index (χ0) is 14.0. The number of nitrogens with two attached hydrogens (primary N) is 1. The van der Waals surface area contributed by atoms with Crippen LogP contribution in [0, 0.1) is 5.92 Å². The summed E-state index contributed by atoms with van der Waals surface area (Å²) >= 11 is 5.75. The van der Waals surface area contributed by atoms with Crippen molar-refractivity contribution in [3.05, 3.63) is 28.8 Å². The van der Waals surface area contributed by atoms with Crippen molar-refractivity contribution in [2.45, 2.75) is 25.3 Å². The van der Waals surface area contributed by atoms with Crippen molar-refractivity contribution in [3.63, 3.8) is 0 Å². The Bertz CT molecular complexity index is 515. The van der Waals surface area contributed by atoms with Gasteiger partial charge < -0.3 is 16.2 Å². The van der Waals surface area contributed by atoms with Crippen molar-refractivity contribution in [1.29, 1.82) is 0 Å². The van der Waals surface area contributed by atoms with Gasteiger partial charge in [-0.2, -0.15) is 0 Å². The molecular weight excluding hydrogens is 268 g/mol. The Morgan fingerprint density at radius 3 is 2.74 bits per heavy atom. The molecule has 1 fully saturated rings. The molecule has 0 radical (unpaired) electrons. The van der Waals surface area contributed by atoms with Gasteiger partial charge in [-0.15, -0.1) is 0 Å². The van der Waals surface area contributed by atoms with E-state index < -0.39 is 5.97 Å². The molecule has 1 saturated carbocycles. The zero-order valence-corrected chi connectivity index (χ0v) is 11.0. The van der Waals surface area contributed by atoms with Crippen LogP contribution in [-0.4, -0.2) is 23.0 Å². The molecule has 0 aliphatic heterocycles. The summed E-state index contributed by atoms with van der Waals surface area (Å²) in [5.74, 6) is -0.889. The summed E-state index contributed by atoms with van der Waals surface area (Å²) in [4.78, 5) is 22.7. The molecule has 6 heteroatoms. The van der Waals surface area contributed by atoms with Crippen molar-refractivity contribution >= 4 is 29.2 Å². The molecule has 0 spiro atoms. The van der Waals surface area contributed by atoms with E-state index in [1.165, 1.54) is 12.1 Å². The first-order chi connectivity index (χ1) is 8.97. The summed E-state index contributed by atoms with van der Waals surface area (Å²) in [6, 6.07) is 4.23. The molecule has 4 N–H and O–H groups in total. The van der Waals surface area contributed by atoms with Crippen LogP contribution in [0.1, 0.15) is 29.6 Å². The van der Waals surface area contributed by atoms with Gasteiger partial charge in [-0.1, -0.05) is 11.6 Å². The van der Waals surface area contributed by atoms with Crippen LogP contribution in [0.4, 0.5) is 5.69 Å². The number of rotatable bonds is 5. The summed E-state index contributed by atoms with van der Waals surface area (Å²) < 4.78 is 0. The first kappa shape index (κ1) is 13.8. The highest BCUT2D eigenvalue weighted by Gasteiger charge is 2.29. The molecule has 1 aliphatic carbocycles. The van der Waals surface area contributed by atoms with Crippen LogP contribution in [0.5, 0.6) is 0 Å². The highest BCUT2D eigenvalue weighted by atomic mass is 35.5. The minimum absolute atomic E-state index is 0.0361. The van der Waals surface area contributed by atoms with Crippen LogP contribution in [0.25, 0.3) is 0 Å². The topological polar surface area (TPSA) is 92.4 Å². The first-order valence-electron chi connectivity index (χ1n) is 6.05. The number of benzene rings is 1. The second-order valence-corrected chi connectivity index (χ2v) is 5.16. The largest absolute Gasteiger partial charge is 0.478 e. The van der Waals surface area contributed by atoms with Gasteiger partial charge in [-0.3, -0.25) is 4.79 Å². The van der Waals surface area contributed by atoms with E-state index in [4.69, 9.17) is 22.4 Å². The lowest BCUT2D eigenvalue weighted by Crippen LogP contribution is -2.28. The van der Waals surface area contributed by atoms with Crippen LogP contribution >= 0.6 is 11.6 Å². The van der Waals surface area contributed by atoms with Gasteiger partial charge in [-0.05, 0) is 37.0 Å². The highest BCUT2D eigenvalue weighted by molar-refractivity contribution is 6.33. The van der Waals surface area contributed by atoms with Crippen LogP contribution < -0.4 is 11.1 Å². The van der Waals surface area contributed by atoms with E-state index >= 15 is 0 Å². The number of carbonyl (C=O) groups excluding carboxylic acids is 1. The molecule has 5 nitrogen and oxygen atoms in total. The second kappa shape index (κ2) is 5.59. The Morgan fingerprint density at radius 2 is 2.16 bits per heavy atom. The Kier molecular flexibility index (Phi) is 4.07. The Hall–Kier alpha value is -1.59. The van der Waals surface area contributed by atoms with E-state index in [1.807, 2.05) is 0 Å². The molecule has 102 valence electrons. The fourth-order valence-electron chi connectivity index (χ4n) is 1.88. The van der Waals surface area contributed by atoms with Crippen molar-refractivity contribution in [3.8, 4) is 0 Å². The van der Waals surface area contributed by atoms with Crippen molar-refractivity contribution < 1.29 is 14.7 Å². The van der Waals surface area contributed by atoms with E-state index in [0.717, 1.165) is 12.8 Å². The predicted molar refractivity (Wildman–Crippen MR) is 72.4 cm³/mol. The van der Waals surface area contributed by atoms with Crippen molar-refractivity contribution in [2.24, 2.45) is 11.7 Å². The average Bonchev–Trinajstić information content (AvgIpc) is 3.15. The van der Waals surface area contributed by atoms with Crippen molar-refractivity contribution in [1.82, 2.24) is 0 Å². The van der Waals surface area contributed by atoms with Gasteiger partial charge in [0.15, 0.2) is 0 Å². The van der Waals surface area contributed by atoms with Gasteiger partial charge in [0, 0.05) is 18.2 Å². The molecule has 0 heterocycles. The number of amides is 1. The van der Waals surface area contributed by atoms with E-state index in [-0.39, 0.29) is 29.0 Å². The number of carboxylic acid groups (broad SMARTS) is 1. The lowest BCUT2D eigenvalue weighted by atomic mass is 10.1. The maximum Gasteiger partial charge on any atom is 0.337 e. The second-order valence-electron chi connectivity index (χ2n) is 4.75. The molecule has 1 amide bonds. The Balaban J connectivity index is 2.00. The molecule has 1 atom stereocenters. The summed E-state index contributed by atoms with van der Waals surface area (Å²) in [5, 5.41) is 11.7. The van der Waals surface area contributed by atoms with E-state index in [2.05, 4.69) is 5.32 Å². The van der Waals surface area contributed by atoms with Gasteiger partial charge in [0.2, 0.25) is 5.91 Å². The van der Waals surface area contributed by atoms with Gasteiger partial charge in [0.25, 0.3) is 0 Å². The molecule has 1 unspecified atom stereocenters. The monoisotopic (exact) mass is 282 g/mol.